The van der Waals surface area contributed by atoms with Crippen LogP contribution in [-0.4, -0.2) is 86.7 Å². The smallest absolute Gasteiger partial charge is 0.232 e. The molecule has 30 heavy (non-hydrogen) atoms. The van der Waals surface area contributed by atoms with Crippen molar-refractivity contribution in [3.63, 3.8) is 0 Å². The number of likely N-dealkylation sites (N-methyl/N-ethyl adjacent to an activating group) is 1. The Balaban J connectivity index is 1.68. The minimum atomic E-state index is -0.279. The van der Waals surface area contributed by atoms with Gasteiger partial charge in [-0.3, -0.25) is 14.7 Å². The molecule has 0 spiro atoms. The van der Waals surface area contributed by atoms with E-state index >= 15 is 0 Å². The van der Waals surface area contributed by atoms with E-state index in [1.54, 1.807) is 0 Å². The van der Waals surface area contributed by atoms with E-state index < -0.39 is 0 Å². The maximum atomic E-state index is 13.3. The number of morpholine rings is 1. The summed E-state index contributed by atoms with van der Waals surface area (Å²) in [7, 11) is 0. The third-order valence-corrected chi connectivity index (χ3v) is 6.01. The number of benzene rings is 1. The summed E-state index contributed by atoms with van der Waals surface area (Å²) < 4.78 is 5.42. The van der Waals surface area contributed by atoms with Gasteiger partial charge in [0.25, 0.3) is 0 Å². The molecule has 0 aliphatic carbocycles. The number of carbonyl (C=O) groups excluding carboxylic acids is 1. The van der Waals surface area contributed by atoms with E-state index in [-0.39, 0.29) is 11.8 Å². The average Bonchev–Trinajstić information content (AvgIpc) is 3.26. The Bertz CT molecular complexity index is 675. The predicted molar refractivity (Wildman–Crippen MR) is 121 cm³/mol. The number of rotatable bonds is 8. The molecule has 166 valence electrons. The lowest BCUT2D eigenvalue weighted by molar-refractivity contribution is -0.136. The minimum Gasteiger partial charge on any atom is -0.378 e. The molecule has 0 aromatic heterocycles. The van der Waals surface area contributed by atoms with E-state index in [4.69, 9.17) is 9.73 Å². The van der Waals surface area contributed by atoms with Crippen LogP contribution < -0.4 is 10.6 Å². The van der Waals surface area contributed by atoms with Crippen LogP contribution in [-0.2, 0) is 9.53 Å². The lowest BCUT2D eigenvalue weighted by atomic mass is 9.97. The molecule has 1 aromatic carbocycles. The molecule has 7 nitrogen and oxygen atoms in total. The highest BCUT2D eigenvalue weighted by Crippen LogP contribution is 2.20. The molecule has 7 heteroatoms. The van der Waals surface area contributed by atoms with Crippen LogP contribution in [0.5, 0.6) is 0 Å². The first kappa shape index (κ1) is 22.6. The lowest BCUT2D eigenvalue weighted by Gasteiger charge is -2.30. The number of carbonyl (C=O) groups is 1. The van der Waals surface area contributed by atoms with Gasteiger partial charge in [-0.2, -0.15) is 0 Å². The van der Waals surface area contributed by atoms with Gasteiger partial charge in [0, 0.05) is 32.2 Å². The van der Waals surface area contributed by atoms with Gasteiger partial charge >= 0.3 is 0 Å². The fourth-order valence-electron chi connectivity index (χ4n) is 4.30. The Hall–Kier alpha value is -2.12. The first-order chi connectivity index (χ1) is 14.7. The summed E-state index contributed by atoms with van der Waals surface area (Å²) in [6, 6.07) is 10.6. The van der Waals surface area contributed by atoms with Gasteiger partial charge in [-0.1, -0.05) is 37.3 Å². The number of hydrogen-bond donors (Lipinski definition) is 2. The molecule has 1 aromatic rings. The second-order valence-electron chi connectivity index (χ2n) is 7.93. The van der Waals surface area contributed by atoms with Crippen LogP contribution >= 0.6 is 0 Å². The van der Waals surface area contributed by atoms with Crippen molar-refractivity contribution in [3.05, 3.63) is 35.9 Å². The normalized spacial score (nSPS) is 21.5. The number of hydrogen-bond acceptors (Lipinski definition) is 4. The second-order valence-corrected chi connectivity index (χ2v) is 7.93. The van der Waals surface area contributed by atoms with Crippen molar-refractivity contribution in [1.29, 1.82) is 0 Å². The van der Waals surface area contributed by atoms with Crippen LogP contribution in [0.4, 0.5) is 0 Å². The number of guanidine groups is 1. The molecule has 2 unspecified atom stereocenters. The molecule has 2 aliphatic rings. The van der Waals surface area contributed by atoms with Crippen molar-refractivity contribution in [2.24, 2.45) is 4.99 Å². The highest BCUT2D eigenvalue weighted by Gasteiger charge is 2.27. The summed E-state index contributed by atoms with van der Waals surface area (Å²) in [5.41, 5.74) is 1.02. The van der Waals surface area contributed by atoms with Crippen molar-refractivity contribution < 1.29 is 9.53 Å². The summed E-state index contributed by atoms with van der Waals surface area (Å²) in [5.74, 6) is 0.645. The summed E-state index contributed by atoms with van der Waals surface area (Å²) in [6.07, 6.45) is 2.49. The zero-order valence-electron chi connectivity index (χ0n) is 18.5. The Kier molecular flexibility index (Phi) is 8.96. The summed E-state index contributed by atoms with van der Waals surface area (Å²) in [5, 5.41) is 6.84. The standard InChI is InChI=1S/C23H37N5O2/c1-3-24-23(25-17-20-11-8-12-27(20)4-2)26-18-21(19-9-6-5-7-10-19)22(29)28-13-15-30-16-14-28/h5-7,9-10,20-21H,3-4,8,11-18H2,1-2H3,(H2,24,25,26). The van der Waals surface area contributed by atoms with Crippen molar-refractivity contribution in [3.8, 4) is 0 Å². The zero-order chi connectivity index (χ0) is 21.2. The predicted octanol–water partition coefficient (Wildman–Crippen LogP) is 1.67. The molecule has 2 aliphatic heterocycles. The molecule has 3 rings (SSSR count). The third kappa shape index (κ3) is 6.19. The SMILES string of the molecule is CCNC(=NCC(C(=O)N1CCOCC1)c1ccccc1)NCC1CCCN1CC. The summed E-state index contributed by atoms with van der Waals surface area (Å²) >= 11 is 0. The van der Waals surface area contributed by atoms with Crippen molar-refractivity contribution >= 4 is 11.9 Å². The van der Waals surface area contributed by atoms with Crippen LogP contribution in [0.15, 0.2) is 35.3 Å². The van der Waals surface area contributed by atoms with E-state index in [1.165, 1.54) is 19.4 Å². The van der Waals surface area contributed by atoms with Crippen LogP contribution in [0.2, 0.25) is 0 Å². The van der Waals surface area contributed by atoms with E-state index in [1.807, 2.05) is 35.2 Å². The molecular formula is C23H37N5O2. The van der Waals surface area contributed by atoms with Gasteiger partial charge in [0.1, 0.15) is 0 Å². The van der Waals surface area contributed by atoms with Crippen LogP contribution in [0.3, 0.4) is 0 Å². The first-order valence-electron chi connectivity index (χ1n) is 11.4. The Morgan fingerprint density at radius 1 is 1.17 bits per heavy atom. The van der Waals surface area contributed by atoms with Gasteiger partial charge in [-0.05, 0) is 38.4 Å². The quantitative estimate of drug-likeness (QED) is 0.499. The Morgan fingerprint density at radius 2 is 1.93 bits per heavy atom. The molecule has 0 saturated carbocycles. The van der Waals surface area contributed by atoms with Gasteiger partial charge in [-0.15, -0.1) is 0 Å². The molecule has 0 bridgehead atoms. The zero-order valence-corrected chi connectivity index (χ0v) is 18.5. The molecule has 2 heterocycles. The van der Waals surface area contributed by atoms with Gasteiger partial charge in [0.15, 0.2) is 5.96 Å². The molecule has 1 amide bonds. The van der Waals surface area contributed by atoms with Crippen LogP contribution in [0.1, 0.15) is 38.2 Å². The van der Waals surface area contributed by atoms with Gasteiger partial charge in [0.05, 0.1) is 25.7 Å². The topological polar surface area (TPSA) is 69.2 Å². The van der Waals surface area contributed by atoms with E-state index in [0.717, 1.165) is 31.2 Å². The minimum absolute atomic E-state index is 0.136. The first-order valence-corrected chi connectivity index (χ1v) is 11.4. The Labute approximate surface area is 180 Å². The fraction of sp³-hybridized carbons (Fsp3) is 0.652. The molecule has 0 radical (unpaired) electrons. The fourth-order valence-corrected chi connectivity index (χ4v) is 4.30. The number of amides is 1. The van der Waals surface area contributed by atoms with Gasteiger partial charge < -0.3 is 20.3 Å². The van der Waals surface area contributed by atoms with E-state index in [9.17, 15) is 4.79 Å². The highest BCUT2D eigenvalue weighted by molar-refractivity contribution is 5.85. The van der Waals surface area contributed by atoms with E-state index in [0.29, 0.717) is 38.9 Å². The van der Waals surface area contributed by atoms with Gasteiger partial charge in [-0.25, -0.2) is 0 Å². The Morgan fingerprint density at radius 3 is 2.63 bits per heavy atom. The maximum absolute atomic E-state index is 13.3. The summed E-state index contributed by atoms with van der Waals surface area (Å²) in [6.45, 7) is 11.2. The summed E-state index contributed by atoms with van der Waals surface area (Å²) in [4.78, 5) is 22.5. The molecule has 2 fully saturated rings. The molecule has 2 N–H and O–H groups in total. The average molecular weight is 416 g/mol. The maximum Gasteiger partial charge on any atom is 0.232 e. The van der Waals surface area contributed by atoms with E-state index in [2.05, 4.69) is 29.4 Å². The second kappa shape index (κ2) is 11.9. The van der Waals surface area contributed by atoms with Crippen molar-refractivity contribution in [2.75, 3.05) is 59.0 Å². The highest BCUT2D eigenvalue weighted by atomic mass is 16.5. The largest absolute Gasteiger partial charge is 0.378 e. The monoisotopic (exact) mass is 415 g/mol. The number of aliphatic imine (C=N–C) groups is 1. The number of nitrogens with one attached hydrogen (secondary N) is 2. The lowest BCUT2D eigenvalue weighted by Crippen LogP contribution is -2.46. The third-order valence-electron chi connectivity index (χ3n) is 6.01. The number of ether oxygens (including phenoxy) is 1. The van der Waals surface area contributed by atoms with Gasteiger partial charge in [0.2, 0.25) is 5.91 Å². The number of likely N-dealkylation sites (tertiary alicyclic amines) is 1. The molecule has 2 saturated heterocycles. The molecular weight excluding hydrogens is 378 g/mol. The number of nitrogens with zero attached hydrogens (tertiary/aromatic N) is 3. The molecule has 2 atom stereocenters. The van der Waals surface area contributed by atoms with Crippen LogP contribution in [0, 0.1) is 0 Å². The van der Waals surface area contributed by atoms with Crippen LogP contribution in [0.25, 0.3) is 0 Å². The van der Waals surface area contributed by atoms with Crippen molar-refractivity contribution in [2.45, 2.75) is 38.6 Å². The van der Waals surface area contributed by atoms with Crippen molar-refractivity contribution in [1.82, 2.24) is 20.4 Å².